The first-order chi connectivity index (χ1) is 9.17. The average molecular weight is 312 g/mol. The van der Waals surface area contributed by atoms with Crippen LogP contribution in [0.3, 0.4) is 0 Å². The quantitative estimate of drug-likeness (QED) is 0.469. The number of carbonyl (C=O) groups is 1. The van der Waals surface area contributed by atoms with Crippen LogP contribution in [0.2, 0.25) is 0 Å². The maximum atomic E-state index is 12.2. The number of carbonyl (C=O) groups excluding carboxylic acids is 1. The van der Waals surface area contributed by atoms with Gasteiger partial charge in [0.15, 0.2) is 6.10 Å². The van der Waals surface area contributed by atoms with Crippen LogP contribution in [0.15, 0.2) is 30.3 Å². The summed E-state index contributed by atoms with van der Waals surface area (Å²) in [6.07, 6.45) is -2.25. The highest BCUT2D eigenvalue weighted by atomic mass is 32.2. The minimum atomic E-state index is -5.87. The van der Waals surface area contributed by atoms with Gasteiger partial charge < -0.3 is 4.74 Å². The molecule has 0 amide bonds. The summed E-state index contributed by atoms with van der Waals surface area (Å²) in [5, 5.41) is 0. The van der Waals surface area contributed by atoms with Crippen molar-refractivity contribution in [2.24, 2.45) is 0 Å². The first-order valence-electron chi connectivity index (χ1n) is 5.28. The average Bonchev–Trinajstić information content (AvgIpc) is 2.36. The fraction of sp³-hybridized carbons (Fsp3) is 0.364. The summed E-state index contributed by atoms with van der Waals surface area (Å²) in [6.45, 7) is 0. The van der Waals surface area contributed by atoms with Crippen LogP contribution in [0.5, 0.6) is 0 Å². The Kier molecular flexibility index (Phi) is 5.12. The number of alkyl halides is 3. The van der Waals surface area contributed by atoms with E-state index in [-0.39, 0.29) is 6.42 Å². The molecule has 112 valence electrons. The molecule has 0 aliphatic rings. The summed E-state index contributed by atoms with van der Waals surface area (Å²) in [5.41, 5.74) is -5.17. The van der Waals surface area contributed by atoms with E-state index in [9.17, 15) is 26.4 Å². The van der Waals surface area contributed by atoms with Gasteiger partial charge in [-0.1, -0.05) is 30.3 Å². The molecule has 0 saturated carbocycles. The lowest BCUT2D eigenvalue weighted by Gasteiger charge is -2.16. The Morgan fingerprint density at radius 1 is 1.25 bits per heavy atom. The zero-order chi connectivity index (χ0) is 15.4. The van der Waals surface area contributed by atoms with Gasteiger partial charge in [-0.15, -0.1) is 0 Å². The van der Waals surface area contributed by atoms with Crippen LogP contribution in [0.1, 0.15) is 5.56 Å². The van der Waals surface area contributed by atoms with Crippen LogP contribution in [-0.2, 0) is 30.3 Å². The van der Waals surface area contributed by atoms with E-state index in [0.717, 1.165) is 7.11 Å². The standard InChI is InChI=1S/C11H11F3O5S/c1-18-10(15)9(7-8-5-3-2-4-6-8)19-20(16,17)11(12,13)14/h2-6,9H,7H2,1H3/t9-/m0/s1. The molecule has 5 nitrogen and oxygen atoms in total. The number of hydrogen-bond acceptors (Lipinski definition) is 5. The fourth-order valence-corrected chi connectivity index (χ4v) is 1.89. The van der Waals surface area contributed by atoms with Gasteiger partial charge in [-0.25, -0.2) is 8.98 Å². The molecule has 1 atom stereocenters. The van der Waals surface area contributed by atoms with E-state index >= 15 is 0 Å². The summed E-state index contributed by atoms with van der Waals surface area (Å²) in [7, 11) is -4.95. The molecule has 1 aromatic rings. The number of rotatable bonds is 5. The molecule has 0 spiro atoms. The maximum absolute atomic E-state index is 12.2. The number of benzene rings is 1. The largest absolute Gasteiger partial charge is 0.523 e. The monoisotopic (exact) mass is 312 g/mol. The smallest absolute Gasteiger partial charge is 0.467 e. The molecule has 0 aromatic heterocycles. The molecular weight excluding hydrogens is 301 g/mol. The van der Waals surface area contributed by atoms with Crippen LogP contribution in [0.25, 0.3) is 0 Å². The Balaban J connectivity index is 2.95. The minimum Gasteiger partial charge on any atom is -0.467 e. The first-order valence-corrected chi connectivity index (χ1v) is 6.69. The van der Waals surface area contributed by atoms with E-state index in [1.54, 1.807) is 18.2 Å². The molecule has 0 N–H and O–H groups in total. The van der Waals surface area contributed by atoms with E-state index in [1.807, 2.05) is 0 Å². The maximum Gasteiger partial charge on any atom is 0.523 e. The molecule has 0 bridgehead atoms. The van der Waals surface area contributed by atoms with Gasteiger partial charge in [-0.2, -0.15) is 21.6 Å². The van der Waals surface area contributed by atoms with E-state index in [2.05, 4.69) is 8.92 Å². The third-order valence-corrected chi connectivity index (χ3v) is 3.31. The Morgan fingerprint density at radius 3 is 2.25 bits per heavy atom. The third kappa shape index (κ3) is 4.20. The van der Waals surface area contributed by atoms with Crippen molar-refractivity contribution in [3.63, 3.8) is 0 Å². The Labute approximate surface area is 113 Å². The lowest BCUT2D eigenvalue weighted by molar-refractivity contribution is -0.149. The second-order valence-electron chi connectivity index (χ2n) is 3.70. The number of methoxy groups -OCH3 is 1. The highest BCUT2D eigenvalue weighted by Gasteiger charge is 2.49. The molecule has 9 heteroatoms. The molecule has 0 aliphatic heterocycles. The van der Waals surface area contributed by atoms with E-state index in [4.69, 9.17) is 0 Å². The molecule has 0 heterocycles. The van der Waals surface area contributed by atoms with Gasteiger partial charge in [0.25, 0.3) is 0 Å². The van der Waals surface area contributed by atoms with Crippen molar-refractivity contribution in [2.75, 3.05) is 7.11 Å². The highest BCUT2D eigenvalue weighted by Crippen LogP contribution is 2.26. The Hall–Kier alpha value is -1.61. The Morgan fingerprint density at radius 2 is 1.80 bits per heavy atom. The molecule has 0 unspecified atom stereocenters. The van der Waals surface area contributed by atoms with Crippen LogP contribution in [0.4, 0.5) is 13.2 Å². The Bertz CT molecular complexity index is 553. The molecule has 20 heavy (non-hydrogen) atoms. The number of hydrogen-bond donors (Lipinski definition) is 0. The van der Waals surface area contributed by atoms with Crippen LogP contribution in [-0.4, -0.2) is 33.1 Å². The predicted molar refractivity (Wildman–Crippen MR) is 62.0 cm³/mol. The number of esters is 1. The molecular formula is C11H11F3O5S. The normalized spacial score (nSPS) is 13.8. The van der Waals surface area contributed by atoms with Crippen molar-refractivity contribution < 1.29 is 35.3 Å². The number of ether oxygens (including phenoxy) is 1. The molecule has 0 fully saturated rings. The summed E-state index contributed by atoms with van der Waals surface area (Å²) < 4.78 is 66.7. The second-order valence-corrected chi connectivity index (χ2v) is 5.26. The van der Waals surface area contributed by atoms with Gasteiger partial charge in [-0.3, -0.25) is 0 Å². The molecule has 1 rings (SSSR count). The van der Waals surface area contributed by atoms with Crippen molar-refractivity contribution in [3.8, 4) is 0 Å². The lowest BCUT2D eigenvalue weighted by atomic mass is 10.1. The van der Waals surface area contributed by atoms with Crippen molar-refractivity contribution >= 4 is 16.1 Å². The zero-order valence-corrected chi connectivity index (χ0v) is 11.1. The highest BCUT2D eigenvalue weighted by molar-refractivity contribution is 7.87. The molecule has 0 radical (unpaired) electrons. The third-order valence-electron chi connectivity index (χ3n) is 2.25. The summed E-state index contributed by atoms with van der Waals surface area (Å²) >= 11 is 0. The van der Waals surface area contributed by atoms with Crippen molar-refractivity contribution in [1.29, 1.82) is 0 Å². The van der Waals surface area contributed by atoms with Crippen molar-refractivity contribution in [3.05, 3.63) is 35.9 Å². The summed E-state index contributed by atoms with van der Waals surface area (Å²) in [4.78, 5) is 11.3. The van der Waals surface area contributed by atoms with Crippen LogP contribution >= 0.6 is 0 Å². The SMILES string of the molecule is COC(=O)[C@H](Cc1ccccc1)OS(=O)(=O)C(F)(F)F. The van der Waals surface area contributed by atoms with Crippen LogP contribution in [0, 0.1) is 0 Å². The molecule has 1 aromatic carbocycles. The predicted octanol–water partition coefficient (Wildman–Crippen LogP) is 1.64. The molecule has 0 saturated heterocycles. The minimum absolute atomic E-state index is 0.358. The van der Waals surface area contributed by atoms with Gasteiger partial charge in [-0.05, 0) is 5.56 Å². The lowest BCUT2D eigenvalue weighted by Crippen LogP contribution is -2.36. The summed E-state index contributed by atoms with van der Waals surface area (Å²) in [5.74, 6) is -1.21. The van der Waals surface area contributed by atoms with Gasteiger partial charge in [0.1, 0.15) is 0 Å². The van der Waals surface area contributed by atoms with Gasteiger partial charge in [0.2, 0.25) is 0 Å². The fourth-order valence-electron chi connectivity index (χ4n) is 1.32. The zero-order valence-electron chi connectivity index (χ0n) is 10.3. The summed E-state index contributed by atoms with van der Waals surface area (Å²) in [6, 6.07) is 7.85. The number of halogens is 3. The van der Waals surface area contributed by atoms with Gasteiger partial charge >= 0.3 is 21.6 Å². The van der Waals surface area contributed by atoms with E-state index in [0.29, 0.717) is 5.56 Å². The van der Waals surface area contributed by atoms with E-state index < -0.39 is 27.7 Å². The van der Waals surface area contributed by atoms with Gasteiger partial charge in [0.05, 0.1) is 7.11 Å². The molecule has 0 aliphatic carbocycles. The van der Waals surface area contributed by atoms with Crippen molar-refractivity contribution in [1.82, 2.24) is 0 Å². The van der Waals surface area contributed by atoms with Crippen LogP contribution < -0.4 is 0 Å². The topological polar surface area (TPSA) is 69.7 Å². The van der Waals surface area contributed by atoms with E-state index in [1.165, 1.54) is 12.1 Å². The van der Waals surface area contributed by atoms with Crippen molar-refractivity contribution in [2.45, 2.75) is 18.0 Å². The second kappa shape index (κ2) is 6.23. The first kappa shape index (κ1) is 16.4. The van der Waals surface area contributed by atoms with Gasteiger partial charge in [0, 0.05) is 6.42 Å².